The van der Waals surface area contributed by atoms with E-state index in [1.54, 1.807) is 0 Å². The van der Waals surface area contributed by atoms with Gasteiger partial charge in [0.05, 0.1) is 11.3 Å². The highest BCUT2D eigenvalue weighted by molar-refractivity contribution is 7.91. The van der Waals surface area contributed by atoms with Crippen molar-refractivity contribution in [3.63, 3.8) is 0 Å². The average molecular weight is 279 g/mol. The van der Waals surface area contributed by atoms with Gasteiger partial charge in [-0.25, -0.2) is 17.6 Å². The van der Waals surface area contributed by atoms with E-state index in [1.807, 2.05) is 0 Å². The third-order valence-corrected chi connectivity index (χ3v) is 3.86. The first-order valence-electron chi connectivity index (χ1n) is 4.33. The molecule has 92 valence electrons. The summed E-state index contributed by atoms with van der Waals surface area (Å²) < 4.78 is 36.7. The van der Waals surface area contributed by atoms with Crippen LogP contribution in [0.15, 0.2) is 34.7 Å². The van der Waals surface area contributed by atoms with E-state index in [9.17, 15) is 17.6 Å². The van der Waals surface area contributed by atoms with E-state index in [0.717, 1.165) is 18.2 Å². The van der Waals surface area contributed by atoms with Gasteiger partial charge in [-0.15, -0.1) is 0 Å². The van der Waals surface area contributed by atoms with Gasteiger partial charge in [0, 0.05) is 5.03 Å². The van der Waals surface area contributed by atoms with E-state index in [-0.39, 0.29) is 10.6 Å². The molecule has 0 aliphatic rings. The van der Waals surface area contributed by atoms with E-state index in [4.69, 9.17) is 16.7 Å². The summed E-state index contributed by atoms with van der Waals surface area (Å²) in [5.41, 5.74) is -0.315. The number of carbonyl (C=O) groups is 1. The molecule has 0 fully saturated rings. The van der Waals surface area contributed by atoms with Gasteiger partial charge in [-0.1, -0.05) is 18.2 Å². The zero-order chi connectivity index (χ0) is 13.2. The highest BCUT2D eigenvalue weighted by atomic mass is 35.5. The smallest absolute Gasteiger partial charge is 0.335 e. The Morgan fingerprint density at radius 2 is 2.06 bits per heavy atom. The van der Waals surface area contributed by atoms with E-state index in [1.165, 1.54) is 0 Å². The topological polar surface area (TPSA) is 71.4 Å². The summed E-state index contributed by atoms with van der Waals surface area (Å²) in [6.07, 6.45) is 0. The summed E-state index contributed by atoms with van der Waals surface area (Å²) in [5.74, 6) is -3.01. The summed E-state index contributed by atoms with van der Waals surface area (Å²) in [6, 6.07) is 2.52. The van der Waals surface area contributed by atoms with E-state index in [2.05, 4.69) is 6.58 Å². The fraction of sp³-hybridized carbons (Fsp3) is 0.100. The Morgan fingerprint density at radius 3 is 2.53 bits per heavy atom. The Balaban J connectivity index is 3.35. The van der Waals surface area contributed by atoms with Crippen LogP contribution in [0, 0.1) is 5.82 Å². The molecule has 17 heavy (non-hydrogen) atoms. The quantitative estimate of drug-likeness (QED) is 0.915. The molecule has 7 heteroatoms. The zero-order valence-electron chi connectivity index (χ0n) is 8.48. The van der Waals surface area contributed by atoms with Gasteiger partial charge < -0.3 is 5.11 Å². The van der Waals surface area contributed by atoms with Crippen LogP contribution < -0.4 is 0 Å². The lowest BCUT2D eigenvalue weighted by atomic mass is 10.2. The monoisotopic (exact) mass is 278 g/mol. The molecule has 0 aliphatic carbocycles. The minimum Gasteiger partial charge on any atom is -0.478 e. The van der Waals surface area contributed by atoms with Gasteiger partial charge in [-0.3, -0.25) is 0 Å². The van der Waals surface area contributed by atoms with Crippen LogP contribution in [0.2, 0.25) is 0 Å². The van der Waals surface area contributed by atoms with Crippen molar-refractivity contribution in [2.75, 3.05) is 5.75 Å². The van der Waals surface area contributed by atoms with Crippen molar-refractivity contribution in [2.24, 2.45) is 0 Å². The van der Waals surface area contributed by atoms with Crippen molar-refractivity contribution in [3.05, 3.63) is 41.2 Å². The molecule has 0 heterocycles. The van der Waals surface area contributed by atoms with Crippen molar-refractivity contribution < 1.29 is 22.7 Å². The molecular weight excluding hydrogens is 271 g/mol. The molecule has 1 rings (SSSR count). The summed E-state index contributed by atoms with van der Waals surface area (Å²) >= 11 is 5.35. The van der Waals surface area contributed by atoms with Gasteiger partial charge in [0.25, 0.3) is 0 Å². The maximum absolute atomic E-state index is 13.3. The third-order valence-electron chi connectivity index (χ3n) is 1.86. The number of benzene rings is 1. The van der Waals surface area contributed by atoms with Gasteiger partial charge in [-0.05, 0) is 18.2 Å². The number of hydrogen-bond acceptors (Lipinski definition) is 3. The Morgan fingerprint density at radius 1 is 1.47 bits per heavy atom. The van der Waals surface area contributed by atoms with Crippen molar-refractivity contribution in [2.45, 2.75) is 4.90 Å². The molecule has 1 aromatic carbocycles. The molecule has 0 spiro atoms. The number of aromatic carboxylic acids is 1. The number of sulfone groups is 1. The first-order valence-corrected chi connectivity index (χ1v) is 6.36. The van der Waals surface area contributed by atoms with Crippen LogP contribution in [0.25, 0.3) is 0 Å². The number of rotatable bonds is 4. The van der Waals surface area contributed by atoms with Crippen LogP contribution in [0.4, 0.5) is 4.39 Å². The molecule has 0 radical (unpaired) electrons. The van der Waals surface area contributed by atoms with Crippen LogP contribution in [-0.4, -0.2) is 25.2 Å². The SMILES string of the molecule is C=C(Cl)CS(=O)(=O)c1cc(C(=O)O)ccc1F. The van der Waals surface area contributed by atoms with Crippen LogP contribution in [0.5, 0.6) is 0 Å². The number of carboxylic acid groups (broad SMARTS) is 1. The van der Waals surface area contributed by atoms with Crippen LogP contribution >= 0.6 is 11.6 Å². The van der Waals surface area contributed by atoms with Crippen molar-refractivity contribution in [3.8, 4) is 0 Å². The molecule has 0 amide bonds. The van der Waals surface area contributed by atoms with Gasteiger partial charge in [0.2, 0.25) is 0 Å². The molecule has 0 unspecified atom stereocenters. The fourth-order valence-corrected chi connectivity index (χ4v) is 2.83. The largest absolute Gasteiger partial charge is 0.478 e. The Labute approximate surface area is 102 Å². The van der Waals surface area contributed by atoms with Crippen molar-refractivity contribution >= 4 is 27.4 Å². The highest BCUT2D eigenvalue weighted by Crippen LogP contribution is 2.20. The summed E-state index contributed by atoms with van der Waals surface area (Å²) in [4.78, 5) is 9.96. The van der Waals surface area contributed by atoms with Gasteiger partial charge in [0.15, 0.2) is 9.84 Å². The first-order chi connectivity index (χ1) is 7.74. The average Bonchev–Trinajstić information content (AvgIpc) is 2.15. The predicted molar refractivity (Wildman–Crippen MR) is 60.4 cm³/mol. The third kappa shape index (κ3) is 3.28. The van der Waals surface area contributed by atoms with Gasteiger partial charge in [0.1, 0.15) is 10.7 Å². The molecule has 0 aliphatic heterocycles. The van der Waals surface area contributed by atoms with E-state index in [0.29, 0.717) is 0 Å². The highest BCUT2D eigenvalue weighted by Gasteiger charge is 2.21. The Kier molecular flexibility index (Phi) is 3.90. The lowest BCUT2D eigenvalue weighted by molar-refractivity contribution is 0.0696. The van der Waals surface area contributed by atoms with Crippen molar-refractivity contribution in [1.29, 1.82) is 0 Å². The fourth-order valence-electron chi connectivity index (χ4n) is 1.16. The predicted octanol–water partition coefficient (Wildman–Crippen LogP) is 2.05. The Hall–Kier alpha value is -1.40. The van der Waals surface area contributed by atoms with E-state index < -0.39 is 32.3 Å². The molecule has 0 saturated heterocycles. The summed E-state index contributed by atoms with van der Waals surface area (Å²) in [7, 11) is -4.02. The maximum atomic E-state index is 13.3. The van der Waals surface area contributed by atoms with Gasteiger partial charge >= 0.3 is 5.97 Å². The normalized spacial score (nSPS) is 11.2. The minimum absolute atomic E-state index is 0.176. The number of hydrogen-bond donors (Lipinski definition) is 1. The number of carboxylic acids is 1. The molecule has 4 nitrogen and oxygen atoms in total. The molecule has 1 N–H and O–H groups in total. The van der Waals surface area contributed by atoms with Crippen LogP contribution in [0.1, 0.15) is 10.4 Å². The number of halogens is 2. The lowest BCUT2D eigenvalue weighted by Gasteiger charge is -2.05. The molecule has 0 aromatic heterocycles. The van der Waals surface area contributed by atoms with Crippen LogP contribution in [0.3, 0.4) is 0 Å². The second kappa shape index (κ2) is 4.85. The Bertz CT molecular complexity index is 580. The first kappa shape index (κ1) is 13.7. The second-order valence-corrected chi connectivity index (χ2v) is 5.72. The molecule has 0 bridgehead atoms. The summed E-state index contributed by atoms with van der Waals surface area (Å²) in [6.45, 7) is 3.20. The molecule has 0 atom stereocenters. The summed E-state index contributed by atoms with van der Waals surface area (Å²) in [5, 5.41) is 8.51. The minimum atomic E-state index is -4.02. The van der Waals surface area contributed by atoms with E-state index >= 15 is 0 Å². The zero-order valence-corrected chi connectivity index (χ0v) is 10.1. The van der Waals surface area contributed by atoms with Crippen LogP contribution in [-0.2, 0) is 9.84 Å². The standard InChI is InChI=1S/C10H8ClFO4S/c1-6(11)5-17(15,16)9-4-7(10(13)14)2-3-8(9)12/h2-4H,1,5H2,(H,13,14). The molecular formula is C10H8ClFO4S. The lowest BCUT2D eigenvalue weighted by Crippen LogP contribution is -2.10. The van der Waals surface area contributed by atoms with Crippen molar-refractivity contribution in [1.82, 2.24) is 0 Å². The molecule has 1 aromatic rings. The molecule has 0 saturated carbocycles. The van der Waals surface area contributed by atoms with Gasteiger partial charge in [-0.2, -0.15) is 0 Å². The maximum Gasteiger partial charge on any atom is 0.335 e. The second-order valence-electron chi connectivity index (χ2n) is 3.23.